The van der Waals surface area contributed by atoms with Crippen LogP contribution in [-0.4, -0.2) is 17.1 Å². The molecule has 1 aromatic heterocycles. The average molecular weight is 333 g/mol. The Hall–Kier alpha value is -2.57. The van der Waals surface area contributed by atoms with Crippen LogP contribution >= 0.6 is 0 Å². The van der Waals surface area contributed by atoms with Crippen molar-refractivity contribution in [2.24, 2.45) is 0 Å². The smallest absolute Gasteiger partial charge is 0.319 e. The number of carbonyl (C=O) groups excluding carboxylic acids is 1. The predicted octanol–water partition coefficient (Wildman–Crippen LogP) is 3.77. The zero-order valence-corrected chi connectivity index (χ0v) is 13.5. The van der Waals surface area contributed by atoms with E-state index >= 15 is 0 Å². The van der Waals surface area contributed by atoms with Gasteiger partial charge in [0.15, 0.2) is 6.39 Å². The minimum Gasteiger partial charge on any atom is -0.488 e. The molecule has 1 aromatic carbocycles. The minimum absolute atomic E-state index is 0.0770. The SMILES string of the molecule is Cc1ocnc1CNC(=O)Nc1ccc(F)cc1OC1CCCC1. The van der Waals surface area contributed by atoms with Crippen LogP contribution in [0.4, 0.5) is 14.9 Å². The fourth-order valence-corrected chi connectivity index (χ4v) is 2.71. The zero-order valence-electron chi connectivity index (χ0n) is 13.5. The van der Waals surface area contributed by atoms with E-state index in [0.29, 0.717) is 22.9 Å². The van der Waals surface area contributed by atoms with E-state index in [9.17, 15) is 9.18 Å². The van der Waals surface area contributed by atoms with Gasteiger partial charge in [0.2, 0.25) is 0 Å². The van der Waals surface area contributed by atoms with Crippen LogP contribution in [0.2, 0.25) is 0 Å². The predicted molar refractivity (Wildman–Crippen MR) is 86.4 cm³/mol. The van der Waals surface area contributed by atoms with Crippen LogP contribution in [0.25, 0.3) is 0 Å². The summed E-state index contributed by atoms with van der Waals surface area (Å²) in [4.78, 5) is 16.1. The Labute approximate surface area is 139 Å². The molecule has 1 saturated carbocycles. The highest BCUT2D eigenvalue weighted by atomic mass is 19.1. The summed E-state index contributed by atoms with van der Waals surface area (Å²) in [6, 6.07) is 3.68. The number of amides is 2. The van der Waals surface area contributed by atoms with Crippen molar-refractivity contribution in [2.75, 3.05) is 5.32 Å². The van der Waals surface area contributed by atoms with Gasteiger partial charge in [-0.05, 0) is 44.7 Å². The minimum atomic E-state index is -0.416. The van der Waals surface area contributed by atoms with Crippen LogP contribution < -0.4 is 15.4 Å². The Kier molecular flexibility index (Phi) is 4.98. The molecule has 24 heavy (non-hydrogen) atoms. The number of aryl methyl sites for hydroxylation is 1. The van der Waals surface area contributed by atoms with E-state index in [0.717, 1.165) is 25.7 Å². The molecule has 1 fully saturated rings. The Bertz CT molecular complexity index is 711. The molecule has 7 heteroatoms. The molecule has 1 aliphatic carbocycles. The van der Waals surface area contributed by atoms with Crippen LogP contribution in [0.3, 0.4) is 0 Å². The summed E-state index contributed by atoms with van der Waals surface area (Å²) in [6.45, 7) is 2.02. The van der Waals surface area contributed by atoms with Gasteiger partial charge in [-0.2, -0.15) is 0 Å². The number of halogens is 1. The highest BCUT2D eigenvalue weighted by Crippen LogP contribution is 2.30. The van der Waals surface area contributed by atoms with E-state index < -0.39 is 11.8 Å². The van der Waals surface area contributed by atoms with Crippen molar-refractivity contribution in [2.45, 2.75) is 45.3 Å². The number of benzene rings is 1. The second kappa shape index (κ2) is 7.33. The van der Waals surface area contributed by atoms with Gasteiger partial charge in [-0.1, -0.05) is 0 Å². The maximum Gasteiger partial charge on any atom is 0.319 e. The summed E-state index contributed by atoms with van der Waals surface area (Å²) in [7, 11) is 0. The fraction of sp³-hybridized carbons (Fsp3) is 0.412. The van der Waals surface area contributed by atoms with Crippen molar-refractivity contribution < 1.29 is 18.3 Å². The lowest BCUT2D eigenvalue weighted by Gasteiger charge is -2.17. The second-order valence-electron chi connectivity index (χ2n) is 5.83. The first-order valence-corrected chi connectivity index (χ1v) is 8.02. The highest BCUT2D eigenvalue weighted by Gasteiger charge is 2.19. The normalized spacial score (nSPS) is 14.6. The van der Waals surface area contributed by atoms with Crippen molar-refractivity contribution in [1.29, 1.82) is 0 Å². The highest BCUT2D eigenvalue weighted by molar-refractivity contribution is 5.90. The maximum absolute atomic E-state index is 13.5. The number of nitrogens with zero attached hydrogens (tertiary/aromatic N) is 1. The summed E-state index contributed by atoms with van der Waals surface area (Å²) < 4.78 is 24.4. The summed E-state index contributed by atoms with van der Waals surface area (Å²) >= 11 is 0. The molecular weight excluding hydrogens is 313 g/mol. The summed E-state index contributed by atoms with van der Waals surface area (Å²) in [5.41, 5.74) is 1.10. The van der Waals surface area contributed by atoms with E-state index in [1.165, 1.54) is 24.6 Å². The summed E-state index contributed by atoms with van der Waals surface area (Å²) in [5, 5.41) is 5.38. The molecule has 2 amide bonds. The number of ether oxygens (including phenoxy) is 1. The van der Waals surface area contributed by atoms with E-state index in [2.05, 4.69) is 15.6 Å². The van der Waals surface area contributed by atoms with Crippen molar-refractivity contribution >= 4 is 11.7 Å². The molecule has 128 valence electrons. The second-order valence-corrected chi connectivity index (χ2v) is 5.83. The van der Waals surface area contributed by atoms with Crippen LogP contribution in [0.1, 0.15) is 37.1 Å². The Morgan fingerprint density at radius 2 is 2.21 bits per heavy atom. The number of aromatic nitrogens is 1. The van der Waals surface area contributed by atoms with Crippen molar-refractivity contribution in [3.63, 3.8) is 0 Å². The van der Waals surface area contributed by atoms with Gasteiger partial charge in [0.25, 0.3) is 0 Å². The molecule has 0 radical (unpaired) electrons. The van der Waals surface area contributed by atoms with Gasteiger partial charge >= 0.3 is 6.03 Å². The Morgan fingerprint density at radius 3 is 2.92 bits per heavy atom. The first-order valence-electron chi connectivity index (χ1n) is 8.02. The molecule has 2 N–H and O–H groups in total. The topological polar surface area (TPSA) is 76.4 Å². The first kappa shape index (κ1) is 16.3. The number of oxazole rings is 1. The molecule has 0 aliphatic heterocycles. The lowest BCUT2D eigenvalue weighted by molar-refractivity contribution is 0.210. The molecular formula is C17H20FN3O3. The van der Waals surface area contributed by atoms with E-state index in [4.69, 9.17) is 9.15 Å². The molecule has 1 heterocycles. The first-order chi connectivity index (χ1) is 11.6. The number of rotatable bonds is 5. The van der Waals surface area contributed by atoms with Gasteiger partial charge in [-0.15, -0.1) is 0 Å². The average Bonchev–Trinajstić information content (AvgIpc) is 3.20. The third-order valence-electron chi connectivity index (χ3n) is 4.05. The van der Waals surface area contributed by atoms with Crippen molar-refractivity contribution in [3.8, 4) is 5.75 Å². The lowest BCUT2D eigenvalue weighted by Crippen LogP contribution is -2.29. The summed E-state index contributed by atoms with van der Waals surface area (Å²) in [6.07, 6.45) is 5.53. The van der Waals surface area contributed by atoms with Gasteiger partial charge < -0.3 is 19.8 Å². The van der Waals surface area contributed by atoms with Gasteiger partial charge in [-0.25, -0.2) is 14.2 Å². The number of anilines is 1. The largest absolute Gasteiger partial charge is 0.488 e. The standard InChI is InChI=1S/C17H20FN3O3/c1-11-15(20-10-23-11)9-19-17(22)21-14-7-6-12(18)8-16(14)24-13-4-2-3-5-13/h6-8,10,13H,2-5,9H2,1H3,(H2,19,21,22). The molecule has 0 unspecified atom stereocenters. The quantitative estimate of drug-likeness (QED) is 0.873. The molecule has 6 nitrogen and oxygen atoms in total. The molecule has 0 bridgehead atoms. The fourth-order valence-electron chi connectivity index (χ4n) is 2.71. The molecule has 0 spiro atoms. The zero-order chi connectivity index (χ0) is 16.9. The van der Waals surface area contributed by atoms with E-state index in [1.54, 1.807) is 6.92 Å². The Balaban J connectivity index is 1.62. The number of carbonyl (C=O) groups is 1. The van der Waals surface area contributed by atoms with Crippen LogP contribution in [0.15, 0.2) is 29.0 Å². The third-order valence-corrected chi connectivity index (χ3v) is 4.05. The van der Waals surface area contributed by atoms with Crippen molar-refractivity contribution in [1.82, 2.24) is 10.3 Å². The number of hydrogen-bond acceptors (Lipinski definition) is 4. The molecule has 1 aliphatic rings. The number of hydrogen-bond donors (Lipinski definition) is 2. The van der Waals surface area contributed by atoms with Crippen LogP contribution in [-0.2, 0) is 6.54 Å². The molecule has 0 atom stereocenters. The number of urea groups is 1. The Morgan fingerprint density at radius 1 is 1.42 bits per heavy atom. The van der Waals surface area contributed by atoms with Gasteiger partial charge in [0, 0.05) is 6.07 Å². The van der Waals surface area contributed by atoms with E-state index in [1.807, 2.05) is 0 Å². The monoisotopic (exact) mass is 333 g/mol. The van der Waals surface area contributed by atoms with Gasteiger partial charge in [-0.3, -0.25) is 0 Å². The van der Waals surface area contributed by atoms with E-state index in [-0.39, 0.29) is 12.6 Å². The molecule has 2 aromatic rings. The molecule has 3 rings (SSSR count). The van der Waals surface area contributed by atoms with Gasteiger partial charge in [0.1, 0.15) is 23.0 Å². The summed E-state index contributed by atoms with van der Waals surface area (Å²) in [5.74, 6) is 0.615. The van der Waals surface area contributed by atoms with Crippen molar-refractivity contribution in [3.05, 3.63) is 41.9 Å². The molecule has 0 saturated heterocycles. The third kappa shape index (κ3) is 4.04. The lowest BCUT2D eigenvalue weighted by atomic mass is 10.2. The van der Waals surface area contributed by atoms with Gasteiger partial charge in [0.05, 0.1) is 18.3 Å². The van der Waals surface area contributed by atoms with Crippen LogP contribution in [0, 0.1) is 12.7 Å². The number of nitrogens with one attached hydrogen (secondary N) is 2. The van der Waals surface area contributed by atoms with Crippen LogP contribution in [0.5, 0.6) is 5.75 Å². The maximum atomic E-state index is 13.5.